The summed E-state index contributed by atoms with van der Waals surface area (Å²) in [6.07, 6.45) is -0.423. The van der Waals surface area contributed by atoms with E-state index in [1.165, 1.54) is 7.11 Å². The zero-order valence-corrected chi connectivity index (χ0v) is 9.37. The van der Waals surface area contributed by atoms with Gasteiger partial charge in [-0.3, -0.25) is 4.90 Å². The second kappa shape index (κ2) is 4.28. The first-order valence-electron chi connectivity index (χ1n) is 4.89. The van der Waals surface area contributed by atoms with Crippen LogP contribution in [-0.2, 0) is 14.3 Å². The van der Waals surface area contributed by atoms with E-state index in [-0.39, 0.29) is 11.5 Å². The molecule has 1 fully saturated rings. The van der Waals surface area contributed by atoms with Gasteiger partial charge >= 0.3 is 5.97 Å². The van der Waals surface area contributed by atoms with Crippen molar-refractivity contribution in [2.24, 2.45) is 0 Å². The standard InChI is InChI=1S/C10H19NO3/c1-10(2,3)11-5-6-14-8(7-11)9(12)13-4/h8H,5-7H2,1-4H3. The number of carbonyl (C=O) groups is 1. The van der Waals surface area contributed by atoms with E-state index in [4.69, 9.17) is 4.74 Å². The normalized spacial score (nSPS) is 24.7. The number of methoxy groups -OCH3 is 1. The molecule has 1 heterocycles. The van der Waals surface area contributed by atoms with Crippen molar-refractivity contribution in [2.45, 2.75) is 32.4 Å². The van der Waals surface area contributed by atoms with Crippen LogP contribution in [0.2, 0.25) is 0 Å². The predicted octanol–water partition coefficient (Wildman–Crippen LogP) is 0.659. The molecule has 1 rings (SSSR count). The molecule has 82 valence electrons. The van der Waals surface area contributed by atoms with Crippen LogP contribution in [0, 0.1) is 0 Å². The maximum atomic E-state index is 11.3. The quantitative estimate of drug-likeness (QED) is 0.584. The minimum atomic E-state index is -0.423. The molecule has 0 bridgehead atoms. The summed E-state index contributed by atoms with van der Waals surface area (Å²) in [5.41, 5.74) is 0.0794. The lowest BCUT2D eigenvalue weighted by molar-refractivity contribution is -0.162. The molecule has 0 aromatic rings. The molecule has 0 aromatic carbocycles. The average molecular weight is 201 g/mol. The van der Waals surface area contributed by atoms with Crippen molar-refractivity contribution in [2.75, 3.05) is 26.8 Å². The van der Waals surface area contributed by atoms with Gasteiger partial charge in [0.2, 0.25) is 0 Å². The zero-order valence-electron chi connectivity index (χ0n) is 9.37. The summed E-state index contributed by atoms with van der Waals surface area (Å²) in [6, 6.07) is 0. The number of ether oxygens (including phenoxy) is 2. The van der Waals surface area contributed by atoms with E-state index in [2.05, 4.69) is 30.4 Å². The fourth-order valence-corrected chi connectivity index (χ4v) is 1.53. The lowest BCUT2D eigenvalue weighted by atomic mass is 10.0. The highest BCUT2D eigenvalue weighted by Gasteiger charge is 2.32. The Hall–Kier alpha value is -0.610. The Bertz CT molecular complexity index is 210. The van der Waals surface area contributed by atoms with Gasteiger partial charge in [-0.05, 0) is 20.8 Å². The minimum Gasteiger partial charge on any atom is -0.467 e. The minimum absolute atomic E-state index is 0.0794. The van der Waals surface area contributed by atoms with Gasteiger partial charge in [0.1, 0.15) is 0 Å². The first-order valence-corrected chi connectivity index (χ1v) is 4.89. The Morgan fingerprint density at radius 3 is 2.64 bits per heavy atom. The number of morpholine rings is 1. The van der Waals surface area contributed by atoms with Crippen LogP contribution in [0.15, 0.2) is 0 Å². The van der Waals surface area contributed by atoms with Crippen LogP contribution in [0.3, 0.4) is 0 Å². The Morgan fingerprint density at radius 2 is 2.14 bits per heavy atom. The molecule has 0 saturated carbocycles. The second-order valence-corrected chi connectivity index (χ2v) is 4.50. The SMILES string of the molecule is COC(=O)C1CN(C(C)(C)C)CCO1. The number of hydrogen-bond acceptors (Lipinski definition) is 4. The average Bonchev–Trinajstić information content (AvgIpc) is 2.15. The highest BCUT2D eigenvalue weighted by molar-refractivity contribution is 5.74. The Morgan fingerprint density at radius 1 is 1.50 bits per heavy atom. The summed E-state index contributed by atoms with van der Waals surface area (Å²) in [7, 11) is 1.39. The molecule has 0 radical (unpaired) electrons. The Kier molecular flexibility index (Phi) is 3.50. The van der Waals surface area contributed by atoms with Crippen molar-refractivity contribution in [3.05, 3.63) is 0 Å². The summed E-state index contributed by atoms with van der Waals surface area (Å²) in [5, 5.41) is 0. The summed E-state index contributed by atoms with van der Waals surface area (Å²) in [5.74, 6) is -0.279. The van der Waals surface area contributed by atoms with Gasteiger partial charge in [0, 0.05) is 18.6 Å². The lowest BCUT2D eigenvalue weighted by Crippen LogP contribution is -2.53. The van der Waals surface area contributed by atoms with Gasteiger partial charge in [0.05, 0.1) is 13.7 Å². The summed E-state index contributed by atoms with van der Waals surface area (Å²) in [4.78, 5) is 13.5. The summed E-state index contributed by atoms with van der Waals surface area (Å²) in [6.45, 7) is 8.48. The molecule has 1 atom stereocenters. The number of rotatable bonds is 1. The molecule has 14 heavy (non-hydrogen) atoms. The summed E-state index contributed by atoms with van der Waals surface area (Å²) >= 11 is 0. The highest BCUT2D eigenvalue weighted by Crippen LogP contribution is 2.17. The van der Waals surface area contributed by atoms with E-state index < -0.39 is 6.10 Å². The predicted molar refractivity (Wildman–Crippen MR) is 53.1 cm³/mol. The van der Waals surface area contributed by atoms with Crippen molar-refractivity contribution in [1.29, 1.82) is 0 Å². The maximum Gasteiger partial charge on any atom is 0.336 e. The van der Waals surface area contributed by atoms with Crippen LogP contribution in [0.4, 0.5) is 0 Å². The molecular weight excluding hydrogens is 182 g/mol. The molecule has 0 aliphatic carbocycles. The molecule has 0 N–H and O–H groups in total. The number of hydrogen-bond donors (Lipinski definition) is 0. The second-order valence-electron chi connectivity index (χ2n) is 4.50. The van der Waals surface area contributed by atoms with Crippen LogP contribution < -0.4 is 0 Å². The van der Waals surface area contributed by atoms with Crippen LogP contribution in [0.25, 0.3) is 0 Å². The first kappa shape index (κ1) is 11.5. The molecular formula is C10H19NO3. The van der Waals surface area contributed by atoms with Crippen LogP contribution >= 0.6 is 0 Å². The van der Waals surface area contributed by atoms with Gasteiger partial charge in [0.15, 0.2) is 6.10 Å². The van der Waals surface area contributed by atoms with E-state index in [1.54, 1.807) is 0 Å². The molecule has 4 nitrogen and oxygen atoms in total. The summed E-state index contributed by atoms with van der Waals surface area (Å²) < 4.78 is 10.00. The van der Waals surface area contributed by atoms with Gasteiger partial charge in [-0.15, -0.1) is 0 Å². The third-order valence-electron chi connectivity index (χ3n) is 2.48. The van der Waals surface area contributed by atoms with Gasteiger partial charge in [-0.25, -0.2) is 4.79 Å². The van der Waals surface area contributed by atoms with E-state index in [0.29, 0.717) is 13.2 Å². The van der Waals surface area contributed by atoms with Gasteiger partial charge in [-0.1, -0.05) is 0 Å². The molecule has 1 aliphatic heterocycles. The van der Waals surface area contributed by atoms with Crippen LogP contribution in [-0.4, -0.2) is 49.3 Å². The van der Waals surface area contributed by atoms with E-state index in [1.807, 2.05) is 0 Å². The van der Waals surface area contributed by atoms with Gasteiger partial charge in [-0.2, -0.15) is 0 Å². The fraction of sp³-hybridized carbons (Fsp3) is 0.900. The number of nitrogens with zero attached hydrogens (tertiary/aromatic N) is 1. The maximum absolute atomic E-state index is 11.3. The third kappa shape index (κ3) is 2.69. The largest absolute Gasteiger partial charge is 0.467 e. The van der Waals surface area contributed by atoms with Crippen LogP contribution in [0.1, 0.15) is 20.8 Å². The van der Waals surface area contributed by atoms with Crippen molar-refractivity contribution in [3.8, 4) is 0 Å². The van der Waals surface area contributed by atoms with E-state index in [0.717, 1.165) is 6.54 Å². The van der Waals surface area contributed by atoms with E-state index in [9.17, 15) is 4.79 Å². The van der Waals surface area contributed by atoms with Gasteiger partial charge in [0.25, 0.3) is 0 Å². The monoisotopic (exact) mass is 201 g/mol. The number of esters is 1. The van der Waals surface area contributed by atoms with E-state index >= 15 is 0 Å². The molecule has 0 aromatic heterocycles. The molecule has 1 unspecified atom stereocenters. The van der Waals surface area contributed by atoms with Crippen molar-refractivity contribution in [1.82, 2.24) is 4.90 Å². The molecule has 0 amide bonds. The van der Waals surface area contributed by atoms with Crippen molar-refractivity contribution in [3.63, 3.8) is 0 Å². The topological polar surface area (TPSA) is 38.8 Å². The molecule has 4 heteroatoms. The first-order chi connectivity index (χ1) is 6.45. The molecule has 1 saturated heterocycles. The Balaban J connectivity index is 2.56. The fourth-order valence-electron chi connectivity index (χ4n) is 1.53. The third-order valence-corrected chi connectivity index (χ3v) is 2.48. The molecule has 0 spiro atoms. The van der Waals surface area contributed by atoms with Crippen molar-refractivity contribution >= 4 is 5.97 Å². The lowest BCUT2D eigenvalue weighted by Gasteiger charge is -2.40. The highest BCUT2D eigenvalue weighted by atomic mass is 16.6. The number of carbonyl (C=O) groups excluding carboxylic acids is 1. The zero-order chi connectivity index (χ0) is 10.8. The van der Waals surface area contributed by atoms with Crippen LogP contribution in [0.5, 0.6) is 0 Å². The van der Waals surface area contributed by atoms with Crippen molar-refractivity contribution < 1.29 is 14.3 Å². The van der Waals surface area contributed by atoms with Gasteiger partial charge < -0.3 is 9.47 Å². The Labute approximate surface area is 85.2 Å². The smallest absolute Gasteiger partial charge is 0.336 e. The molecule has 1 aliphatic rings.